The zero-order chi connectivity index (χ0) is 28.1. The van der Waals surface area contributed by atoms with Crippen LogP contribution in [0.5, 0.6) is 6.01 Å². The van der Waals surface area contributed by atoms with Crippen molar-refractivity contribution in [2.75, 3.05) is 38.4 Å². The van der Waals surface area contributed by atoms with E-state index in [4.69, 9.17) is 4.74 Å². The van der Waals surface area contributed by atoms with Crippen molar-refractivity contribution in [2.45, 2.75) is 44.4 Å². The van der Waals surface area contributed by atoms with Gasteiger partial charge in [-0.3, -0.25) is 10.1 Å². The number of sulfonamides is 1. The highest BCUT2D eigenvalue weighted by Gasteiger charge is 2.25. The van der Waals surface area contributed by atoms with Crippen LogP contribution in [-0.4, -0.2) is 78.6 Å². The third-order valence-electron chi connectivity index (χ3n) is 5.08. The largest absolute Gasteiger partial charge is 0.467 e. The van der Waals surface area contributed by atoms with Crippen LogP contribution in [0.1, 0.15) is 48.8 Å². The SMILES string of the molecule is CCSC(=O)N1CCCCCC1.COC(=O)c1ccccc1S(=O)(=O)NC(=O)Nc1nc(C)nc(OC)n1. The Labute approximate surface area is 226 Å². The summed E-state index contributed by atoms with van der Waals surface area (Å²) in [7, 11) is -1.92. The number of nitrogens with zero attached hydrogens (tertiary/aromatic N) is 4. The number of benzene rings is 1. The van der Waals surface area contributed by atoms with Gasteiger partial charge in [0.2, 0.25) is 5.95 Å². The number of methoxy groups -OCH3 is 2. The maximum atomic E-state index is 12.4. The second-order valence-corrected chi connectivity index (χ2v) is 10.7. The summed E-state index contributed by atoms with van der Waals surface area (Å²) in [6.07, 6.45) is 4.97. The average Bonchev–Trinajstić information content (AvgIpc) is 3.18. The summed E-state index contributed by atoms with van der Waals surface area (Å²) < 4.78 is 36.0. The second-order valence-electron chi connectivity index (χ2n) is 7.84. The smallest absolute Gasteiger partial charge is 0.339 e. The topological polar surface area (TPSA) is 170 Å². The summed E-state index contributed by atoms with van der Waals surface area (Å²) in [6, 6.07) is 4.12. The molecule has 2 N–H and O–H groups in total. The number of carbonyl (C=O) groups excluding carboxylic acids is 3. The molecule has 3 amide bonds. The van der Waals surface area contributed by atoms with Crippen molar-refractivity contribution in [2.24, 2.45) is 0 Å². The molecule has 0 unspecified atom stereocenters. The summed E-state index contributed by atoms with van der Waals surface area (Å²) in [5.41, 5.74) is -0.215. The van der Waals surface area contributed by atoms with Crippen LogP contribution in [0.15, 0.2) is 29.2 Å². The van der Waals surface area contributed by atoms with Gasteiger partial charge < -0.3 is 14.4 Å². The minimum absolute atomic E-state index is 0.0494. The third-order valence-corrected chi connectivity index (χ3v) is 7.26. The van der Waals surface area contributed by atoms with Crippen LogP contribution in [0, 0.1) is 6.92 Å². The predicted octanol–water partition coefficient (Wildman–Crippen LogP) is 3.22. The average molecular weight is 569 g/mol. The third kappa shape index (κ3) is 9.45. The van der Waals surface area contributed by atoms with E-state index in [-0.39, 0.29) is 28.6 Å². The van der Waals surface area contributed by atoms with Crippen molar-refractivity contribution < 1.29 is 32.3 Å². The van der Waals surface area contributed by atoms with E-state index in [9.17, 15) is 22.8 Å². The van der Waals surface area contributed by atoms with Gasteiger partial charge in [-0.15, -0.1) is 0 Å². The molecule has 0 aliphatic carbocycles. The first-order valence-electron chi connectivity index (χ1n) is 11.8. The predicted molar refractivity (Wildman–Crippen MR) is 142 cm³/mol. The van der Waals surface area contributed by atoms with Crippen molar-refractivity contribution in [3.8, 4) is 6.01 Å². The Hall–Kier alpha value is -3.46. The Morgan fingerprint density at radius 3 is 2.29 bits per heavy atom. The van der Waals surface area contributed by atoms with Gasteiger partial charge in [0, 0.05) is 13.1 Å². The number of hydrogen-bond donors (Lipinski definition) is 2. The van der Waals surface area contributed by atoms with Gasteiger partial charge >= 0.3 is 18.0 Å². The van der Waals surface area contributed by atoms with E-state index in [0.717, 1.165) is 32.0 Å². The lowest BCUT2D eigenvalue weighted by atomic mass is 10.2. The monoisotopic (exact) mass is 568 g/mol. The Kier molecular flexibility index (Phi) is 12.2. The van der Waals surface area contributed by atoms with Crippen LogP contribution in [0.3, 0.4) is 0 Å². The molecule has 15 heteroatoms. The van der Waals surface area contributed by atoms with Gasteiger partial charge in [-0.2, -0.15) is 15.0 Å². The fourth-order valence-electron chi connectivity index (χ4n) is 3.36. The molecule has 0 radical (unpaired) electrons. The van der Waals surface area contributed by atoms with Crippen molar-refractivity contribution in [3.05, 3.63) is 35.7 Å². The quantitative estimate of drug-likeness (QED) is 0.490. The number of aromatic nitrogens is 3. The number of rotatable bonds is 6. The molecule has 1 aromatic heterocycles. The Bertz CT molecular complexity index is 1220. The number of esters is 1. The Balaban J connectivity index is 0.000000352. The summed E-state index contributed by atoms with van der Waals surface area (Å²) >= 11 is 1.43. The Morgan fingerprint density at radius 1 is 1.03 bits per heavy atom. The lowest BCUT2D eigenvalue weighted by Gasteiger charge is -2.18. The van der Waals surface area contributed by atoms with E-state index in [0.29, 0.717) is 0 Å². The number of likely N-dealkylation sites (tertiary alicyclic amines) is 1. The minimum Gasteiger partial charge on any atom is -0.467 e. The number of hydrogen-bond acceptors (Lipinski definition) is 11. The molecule has 0 spiro atoms. The Morgan fingerprint density at radius 2 is 1.68 bits per heavy atom. The van der Waals surface area contributed by atoms with Crippen molar-refractivity contribution in [1.29, 1.82) is 0 Å². The van der Waals surface area contributed by atoms with Gasteiger partial charge in [0.25, 0.3) is 15.3 Å². The molecule has 38 heavy (non-hydrogen) atoms. The minimum atomic E-state index is -4.36. The lowest BCUT2D eigenvalue weighted by molar-refractivity contribution is 0.0596. The van der Waals surface area contributed by atoms with E-state index in [1.807, 2.05) is 11.8 Å². The molecule has 0 saturated carbocycles. The van der Waals surface area contributed by atoms with Gasteiger partial charge in [-0.1, -0.05) is 43.7 Å². The summed E-state index contributed by atoms with van der Waals surface area (Å²) in [5, 5.41) is 2.44. The number of ether oxygens (including phenoxy) is 2. The standard InChI is InChI=1S/C14H15N5O6S.C9H17NOS/c1-8-15-12(18-14(16-8)25-3)17-13(21)19-26(22,23)10-7-5-4-6-9(10)11(20)24-2;1-2-12-9(11)10-7-5-3-4-6-8-10/h4-7H,1-3H3,(H2,15,16,17,18,19,21);2-8H2,1H3. The number of urea groups is 1. The van der Waals surface area contributed by atoms with Gasteiger partial charge in [0.05, 0.1) is 19.8 Å². The summed E-state index contributed by atoms with van der Waals surface area (Å²) in [6.45, 7) is 5.52. The van der Waals surface area contributed by atoms with Crippen LogP contribution in [0.25, 0.3) is 0 Å². The van der Waals surface area contributed by atoms with Crippen LogP contribution in [0.2, 0.25) is 0 Å². The van der Waals surface area contributed by atoms with Crippen LogP contribution >= 0.6 is 11.8 Å². The fourth-order valence-corrected chi connectivity index (χ4v) is 5.07. The first-order chi connectivity index (χ1) is 18.1. The molecule has 1 saturated heterocycles. The maximum Gasteiger partial charge on any atom is 0.339 e. The van der Waals surface area contributed by atoms with Gasteiger partial charge in [-0.25, -0.2) is 22.7 Å². The van der Waals surface area contributed by atoms with E-state index in [1.54, 1.807) is 4.72 Å². The number of anilines is 1. The number of aryl methyl sites for hydroxylation is 1. The molecule has 1 aliphatic heterocycles. The highest BCUT2D eigenvalue weighted by molar-refractivity contribution is 8.13. The molecule has 1 aromatic carbocycles. The van der Waals surface area contributed by atoms with E-state index in [2.05, 4.69) is 25.0 Å². The number of amides is 3. The summed E-state index contributed by atoms with van der Waals surface area (Å²) in [4.78, 5) is 48.2. The molecular formula is C23H32N6O7S2. The molecule has 2 aromatic rings. The lowest BCUT2D eigenvalue weighted by Crippen LogP contribution is -2.35. The maximum absolute atomic E-state index is 12.4. The highest BCUT2D eigenvalue weighted by Crippen LogP contribution is 2.17. The fraction of sp³-hybridized carbons (Fsp3) is 0.478. The molecule has 1 fully saturated rings. The van der Waals surface area contributed by atoms with Crippen molar-refractivity contribution >= 4 is 45.0 Å². The molecule has 0 atom stereocenters. The molecular weight excluding hydrogens is 536 g/mol. The molecule has 0 bridgehead atoms. The van der Waals surface area contributed by atoms with Gasteiger partial charge in [0.1, 0.15) is 10.7 Å². The van der Waals surface area contributed by atoms with Crippen molar-refractivity contribution in [3.63, 3.8) is 0 Å². The van der Waals surface area contributed by atoms with E-state index in [1.165, 1.54) is 69.7 Å². The molecule has 2 heterocycles. The van der Waals surface area contributed by atoms with E-state index >= 15 is 0 Å². The second kappa shape index (κ2) is 15.1. The van der Waals surface area contributed by atoms with Crippen LogP contribution in [-0.2, 0) is 14.8 Å². The molecule has 1 aliphatic rings. The number of carbonyl (C=O) groups is 3. The number of nitrogens with one attached hydrogen (secondary N) is 2. The highest BCUT2D eigenvalue weighted by atomic mass is 32.2. The zero-order valence-electron chi connectivity index (χ0n) is 21.7. The van der Waals surface area contributed by atoms with Crippen LogP contribution < -0.4 is 14.8 Å². The molecule has 208 valence electrons. The summed E-state index contributed by atoms with van der Waals surface area (Å²) in [5.74, 6) is 0.0913. The number of thioether (sulfide) groups is 1. The zero-order valence-corrected chi connectivity index (χ0v) is 23.4. The van der Waals surface area contributed by atoms with E-state index < -0.39 is 26.9 Å². The first kappa shape index (κ1) is 30.8. The first-order valence-corrected chi connectivity index (χ1v) is 14.3. The molecule has 3 rings (SSSR count). The normalized spacial score (nSPS) is 13.3. The van der Waals surface area contributed by atoms with Crippen molar-refractivity contribution in [1.82, 2.24) is 24.6 Å². The molecule has 13 nitrogen and oxygen atoms in total. The van der Waals surface area contributed by atoms with Gasteiger partial charge in [-0.05, 0) is 37.7 Å². The van der Waals surface area contributed by atoms with Crippen LogP contribution in [0.4, 0.5) is 15.5 Å². The van der Waals surface area contributed by atoms with Gasteiger partial charge in [0.15, 0.2) is 0 Å².